The average molecular weight is 372 g/mol. The molecule has 140 valence electrons. The predicted molar refractivity (Wildman–Crippen MR) is 105 cm³/mol. The van der Waals surface area contributed by atoms with Crippen molar-refractivity contribution in [1.82, 2.24) is 10.4 Å². The van der Waals surface area contributed by atoms with Crippen molar-refractivity contribution in [3.63, 3.8) is 0 Å². The van der Waals surface area contributed by atoms with Gasteiger partial charge in [0.1, 0.15) is 17.6 Å². The number of hydrazine groups is 1. The second kappa shape index (κ2) is 6.93. The Balaban J connectivity index is 1.57. The van der Waals surface area contributed by atoms with Crippen LogP contribution >= 0.6 is 0 Å². The number of amides is 1. The van der Waals surface area contributed by atoms with E-state index in [0.717, 1.165) is 42.1 Å². The minimum atomic E-state index is -0.252. The lowest BCUT2D eigenvalue weighted by atomic mass is 9.88. The normalized spacial score (nSPS) is 20.4. The summed E-state index contributed by atoms with van der Waals surface area (Å²) in [5, 5.41) is 1.69. The van der Waals surface area contributed by atoms with Gasteiger partial charge >= 0.3 is 0 Å². The lowest BCUT2D eigenvalue weighted by molar-refractivity contribution is 0.0637. The molecule has 0 unspecified atom stereocenters. The average Bonchev–Trinajstić information content (AvgIpc) is 3.48. The summed E-state index contributed by atoms with van der Waals surface area (Å²) in [6.07, 6.45) is 8.26. The molecule has 0 bridgehead atoms. The fraction of sp³-hybridized carbons (Fsp3) is 0.174. The highest BCUT2D eigenvalue weighted by Crippen LogP contribution is 2.44. The monoisotopic (exact) mass is 372 g/mol. The highest BCUT2D eigenvalue weighted by molar-refractivity contribution is 5.95. The maximum atomic E-state index is 13.3. The summed E-state index contributed by atoms with van der Waals surface area (Å²) < 4.78 is 11.2. The van der Waals surface area contributed by atoms with E-state index >= 15 is 0 Å². The van der Waals surface area contributed by atoms with Crippen LogP contribution in [0.4, 0.5) is 0 Å². The van der Waals surface area contributed by atoms with E-state index in [1.807, 2.05) is 54.6 Å². The molecule has 1 aromatic carbocycles. The molecule has 0 radical (unpaired) electrons. The third-order valence-corrected chi connectivity index (χ3v) is 5.27. The quantitative estimate of drug-likeness (QED) is 0.695. The van der Waals surface area contributed by atoms with Crippen LogP contribution in [0.2, 0.25) is 0 Å². The first-order valence-electron chi connectivity index (χ1n) is 9.47. The smallest absolute Gasteiger partial charge is 0.273 e. The van der Waals surface area contributed by atoms with Gasteiger partial charge in [0, 0.05) is 5.56 Å². The van der Waals surface area contributed by atoms with Crippen LogP contribution in [0, 0.1) is 0 Å². The Hall–Kier alpha value is -3.47. The maximum absolute atomic E-state index is 13.3. The Morgan fingerprint density at radius 3 is 2.57 bits per heavy atom. The molecule has 1 aliphatic carbocycles. The molecule has 5 nitrogen and oxygen atoms in total. The number of carbonyl (C=O) groups is 1. The van der Waals surface area contributed by atoms with Crippen LogP contribution in [-0.4, -0.2) is 10.9 Å². The van der Waals surface area contributed by atoms with Crippen molar-refractivity contribution in [2.24, 2.45) is 0 Å². The molecule has 5 rings (SSSR count). The number of nitrogens with zero attached hydrogens (tertiary/aromatic N) is 1. The van der Waals surface area contributed by atoms with Gasteiger partial charge in [0.25, 0.3) is 5.91 Å². The molecule has 2 aromatic heterocycles. The minimum absolute atomic E-state index is 0.0752. The number of allylic oxidation sites excluding steroid dienone is 1. The fourth-order valence-corrected chi connectivity index (χ4v) is 4.01. The van der Waals surface area contributed by atoms with Gasteiger partial charge < -0.3 is 8.83 Å². The largest absolute Gasteiger partial charge is 0.467 e. The van der Waals surface area contributed by atoms with E-state index < -0.39 is 0 Å². The highest BCUT2D eigenvalue weighted by atomic mass is 16.3. The van der Waals surface area contributed by atoms with Crippen LogP contribution < -0.4 is 5.43 Å². The number of rotatable bonds is 3. The molecule has 3 heterocycles. The summed E-state index contributed by atoms with van der Waals surface area (Å²) in [5.74, 6) is 1.50. The summed E-state index contributed by atoms with van der Waals surface area (Å²) in [5.41, 5.74) is 7.37. The van der Waals surface area contributed by atoms with Crippen LogP contribution in [0.1, 0.15) is 47.2 Å². The summed E-state index contributed by atoms with van der Waals surface area (Å²) in [7, 11) is 0. The number of furan rings is 2. The number of benzene rings is 1. The lowest BCUT2D eigenvalue weighted by Crippen LogP contribution is -2.40. The van der Waals surface area contributed by atoms with E-state index in [1.54, 1.807) is 17.5 Å². The van der Waals surface area contributed by atoms with E-state index in [4.69, 9.17) is 8.83 Å². The minimum Gasteiger partial charge on any atom is -0.467 e. The van der Waals surface area contributed by atoms with Gasteiger partial charge in [0.2, 0.25) is 0 Å². The number of hydrogen-bond acceptors (Lipinski definition) is 4. The molecule has 0 saturated heterocycles. The van der Waals surface area contributed by atoms with Crippen molar-refractivity contribution in [1.29, 1.82) is 0 Å². The van der Waals surface area contributed by atoms with Crippen LogP contribution in [-0.2, 0) is 0 Å². The van der Waals surface area contributed by atoms with Crippen LogP contribution in [0.3, 0.4) is 0 Å². The van der Waals surface area contributed by atoms with Crippen molar-refractivity contribution in [3.05, 3.63) is 101 Å². The Bertz CT molecular complexity index is 1030. The fourth-order valence-electron chi connectivity index (χ4n) is 4.01. The third kappa shape index (κ3) is 2.85. The van der Waals surface area contributed by atoms with Crippen LogP contribution in [0.5, 0.6) is 0 Å². The molecule has 0 spiro atoms. The van der Waals surface area contributed by atoms with Gasteiger partial charge in [-0.15, -0.1) is 0 Å². The van der Waals surface area contributed by atoms with Gasteiger partial charge in [0.05, 0.1) is 18.2 Å². The molecule has 1 atom stereocenters. The van der Waals surface area contributed by atoms with Crippen molar-refractivity contribution in [2.75, 3.05) is 0 Å². The lowest BCUT2D eigenvalue weighted by Gasteiger charge is -2.25. The highest BCUT2D eigenvalue weighted by Gasteiger charge is 2.41. The molecule has 5 heteroatoms. The standard InChI is InChI=1S/C23H20N2O3/c26-23(16-7-2-1-3-8-16)25-22(20-12-6-14-28-20)19-11-4-9-17(21(19)24-25)15-18-10-5-13-27-18/h1-3,5-8,10,12-15,22,24H,4,9,11H2/b17-15+/t22-/m1/s1. The SMILES string of the molecule is O=C(c1ccccc1)N1NC2=C(CCC/C2=C\c2ccco2)[C@@H]1c1ccco1. The van der Waals surface area contributed by atoms with E-state index in [1.165, 1.54) is 5.57 Å². The number of carbonyl (C=O) groups excluding carboxylic acids is 1. The second-order valence-electron chi connectivity index (χ2n) is 7.01. The first-order valence-corrected chi connectivity index (χ1v) is 9.47. The van der Waals surface area contributed by atoms with Crippen LogP contribution in [0.25, 0.3) is 6.08 Å². The van der Waals surface area contributed by atoms with Gasteiger partial charge in [-0.1, -0.05) is 18.2 Å². The first kappa shape index (κ1) is 16.7. The van der Waals surface area contributed by atoms with Gasteiger partial charge in [-0.25, -0.2) is 5.01 Å². The van der Waals surface area contributed by atoms with E-state index in [0.29, 0.717) is 5.56 Å². The Kier molecular flexibility index (Phi) is 4.13. The van der Waals surface area contributed by atoms with Gasteiger partial charge in [-0.3, -0.25) is 10.2 Å². The second-order valence-corrected chi connectivity index (χ2v) is 7.01. The van der Waals surface area contributed by atoms with Gasteiger partial charge in [-0.2, -0.15) is 0 Å². The molecular formula is C23H20N2O3. The topological polar surface area (TPSA) is 58.6 Å². The first-order chi connectivity index (χ1) is 13.8. The zero-order chi connectivity index (χ0) is 18.9. The molecule has 1 amide bonds. The summed E-state index contributed by atoms with van der Waals surface area (Å²) in [6.45, 7) is 0. The molecule has 3 aromatic rings. The zero-order valence-electron chi connectivity index (χ0n) is 15.3. The van der Waals surface area contributed by atoms with Crippen molar-refractivity contribution in [2.45, 2.75) is 25.3 Å². The molecule has 1 N–H and O–H groups in total. The number of nitrogens with one attached hydrogen (secondary N) is 1. The van der Waals surface area contributed by atoms with Gasteiger partial charge in [-0.05, 0) is 72.9 Å². The van der Waals surface area contributed by atoms with Crippen molar-refractivity contribution < 1.29 is 13.6 Å². The zero-order valence-corrected chi connectivity index (χ0v) is 15.3. The van der Waals surface area contributed by atoms with E-state index in [9.17, 15) is 4.79 Å². The summed E-state index contributed by atoms with van der Waals surface area (Å²) in [6, 6.07) is 16.7. The molecule has 2 aliphatic rings. The Labute approximate surface area is 162 Å². The number of hydrogen-bond donors (Lipinski definition) is 1. The third-order valence-electron chi connectivity index (χ3n) is 5.27. The van der Waals surface area contributed by atoms with Crippen molar-refractivity contribution in [3.8, 4) is 0 Å². The van der Waals surface area contributed by atoms with Crippen LogP contribution in [0.15, 0.2) is 92.8 Å². The van der Waals surface area contributed by atoms with E-state index in [2.05, 4.69) is 11.5 Å². The summed E-state index contributed by atoms with van der Waals surface area (Å²) >= 11 is 0. The van der Waals surface area contributed by atoms with Gasteiger partial charge in [0.15, 0.2) is 0 Å². The Morgan fingerprint density at radius 2 is 1.82 bits per heavy atom. The van der Waals surface area contributed by atoms with Crippen molar-refractivity contribution >= 4 is 12.0 Å². The molecule has 1 aliphatic heterocycles. The molecule has 0 fully saturated rings. The molecule has 0 saturated carbocycles. The Morgan fingerprint density at radius 1 is 1.00 bits per heavy atom. The summed E-state index contributed by atoms with van der Waals surface area (Å²) in [4.78, 5) is 13.3. The molecule has 28 heavy (non-hydrogen) atoms. The predicted octanol–water partition coefficient (Wildman–Crippen LogP) is 5.10. The molecular weight excluding hydrogens is 352 g/mol. The van der Waals surface area contributed by atoms with E-state index in [-0.39, 0.29) is 11.9 Å². The maximum Gasteiger partial charge on any atom is 0.273 e.